The van der Waals surface area contributed by atoms with E-state index in [2.05, 4.69) is 15.9 Å². The van der Waals surface area contributed by atoms with Crippen LogP contribution in [0.3, 0.4) is 0 Å². The van der Waals surface area contributed by atoms with Gasteiger partial charge in [-0.15, -0.1) is 0 Å². The van der Waals surface area contributed by atoms with Gasteiger partial charge in [0.2, 0.25) is 0 Å². The summed E-state index contributed by atoms with van der Waals surface area (Å²) in [6.07, 6.45) is -0.0980. The monoisotopic (exact) mass is 340 g/mol. The van der Waals surface area contributed by atoms with Gasteiger partial charge in [0.05, 0.1) is 16.6 Å². The Bertz CT molecular complexity index is 615. The number of para-hydroxylation sites is 1. The molecule has 0 N–H and O–H groups in total. The molecule has 104 valence electrons. The second kappa shape index (κ2) is 6.61. The summed E-state index contributed by atoms with van der Waals surface area (Å²) >= 11 is 2.93. The van der Waals surface area contributed by atoms with Crippen molar-refractivity contribution in [3.8, 4) is 5.75 Å². The molecule has 0 spiro atoms. The molecule has 0 fully saturated rings. The minimum atomic E-state index is -0.880. The molecule has 0 bridgehead atoms. The van der Waals surface area contributed by atoms with Crippen LogP contribution in [-0.2, 0) is 0 Å². The van der Waals surface area contributed by atoms with E-state index in [-0.39, 0.29) is 17.5 Å². The van der Waals surface area contributed by atoms with Gasteiger partial charge >= 0.3 is 0 Å². The van der Waals surface area contributed by atoms with Crippen molar-refractivity contribution in [2.24, 2.45) is 0 Å². The van der Waals surface area contributed by atoms with Gasteiger partial charge in [0.1, 0.15) is 11.6 Å². The maximum Gasteiger partial charge on any atom is 0.172 e. The molecular weight excluding hydrogens is 330 g/mol. The van der Waals surface area contributed by atoms with Crippen LogP contribution in [-0.4, -0.2) is 12.4 Å². The number of rotatable bonds is 5. The second-order valence-electron chi connectivity index (χ2n) is 4.05. The van der Waals surface area contributed by atoms with Gasteiger partial charge in [-0.2, -0.15) is 0 Å². The van der Waals surface area contributed by atoms with Gasteiger partial charge in [-0.3, -0.25) is 4.79 Å². The lowest BCUT2D eigenvalue weighted by molar-refractivity contribution is 0.0954. The molecule has 0 aromatic heterocycles. The van der Waals surface area contributed by atoms with E-state index in [1.54, 1.807) is 24.3 Å². The van der Waals surface area contributed by atoms with Crippen molar-refractivity contribution >= 4 is 21.7 Å². The average Bonchev–Trinajstić information content (AvgIpc) is 2.44. The van der Waals surface area contributed by atoms with Crippen molar-refractivity contribution in [1.82, 2.24) is 0 Å². The number of hydrogen-bond acceptors (Lipinski definition) is 2. The fourth-order valence-corrected chi connectivity index (χ4v) is 2.02. The van der Waals surface area contributed by atoms with Crippen molar-refractivity contribution in [2.45, 2.75) is 6.42 Å². The molecule has 0 radical (unpaired) electrons. The Hall–Kier alpha value is -1.75. The Kier molecular flexibility index (Phi) is 4.84. The summed E-state index contributed by atoms with van der Waals surface area (Å²) in [4.78, 5) is 11.8. The smallest absolute Gasteiger partial charge is 0.172 e. The summed E-state index contributed by atoms with van der Waals surface area (Å²) in [5.74, 6) is -1.77. The van der Waals surface area contributed by atoms with Crippen LogP contribution in [0.4, 0.5) is 8.78 Å². The number of halogens is 3. The molecule has 0 saturated carbocycles. The SMILES string of the molecule is O=C(CCOc1ccccc1)c1c(F)ccc(Br)c1F. The van der Waals surface area contributed by atoms with Gasteiger partial charge in [0, 0.05) is 6.42 Å². The van der Waals surface area contributed by atoms with E-state index in [1.807, 2.05) is 6.07 Å². The highest BCUT2D eigenvalue weighted by atomic mass is 79.9. The molecule has 0 unspecified atom stereocenters. The van der Waals surface area contributed by atoms with Crippen molar-refractivity contribution in [3.05, 3.63) is 64.1 Å². The van der Waals surface area contributed by atoms with E-state index in [0.29, 0.717) is 5.75 Å². The minimum absolute atomic E-state index is 0.0613. The fourth-order valence-electron chi connectivity index (χ4n) is 1.69. The summed E-state index contributed by atoms with van der Waals surface area (Å²) in [6.45, 7) is 0.0637. The molecule has 2 nitrogen and oxygen atoms in total. The first kappa shape index (κ1) is 14.7. The molecule has 2 aromatic rings. The average molecular weight is 341 g/mol. The predicted molar refractivity (Wildman–Crippen MR) is 74.9 cm³/mol. The van der Waals surface area contributed by atoms with Gasteiger partial charge in [-0.1, -0.05) is 18.2 Å². The Balaban J connectivity index is 2.01. The Morgan fingerprint density at radius 1 is 1.10 bits per heavy atom. The lowest BCUT2D eigenvalue weighted by atomic mass is 10.1. The topological polar surface area (TPSA) is 26.3 Å². The zero-order chi connectivity index (χ0) is 14.5. The van der Waals surface area contributed by atoms with Crippen LogP contribution >= 0.6 is 15.9 Å². The lowest BCUT2D eigenvalue weighted by Gasteiger charge is -2.07. The third kappa shape index (κ3) is 3.42. The molecular formula is C15H11BrF2O2. The van der Waals surface area contributed by atoms with Gasteiger partial charge in [-0.05, 0) is 40.2 Å². The van der Waals surface area contributed by atoms with Gasteiger partial charge < -0.3 is 4.74 Å². The van der Waals surface area contributed by atoms with E-state index in [4.69, 9.17) is 4.74 Å². The lowest BCUT2D eigenvalue weighted by Crippen LogP contribution is -2.11. The molecule has 0 aliphatic heterocycles. The highest BCUT2D eigenvalue weighted by Gasteiger charge is 2.19. The third-order valence-corrected chi connectivity index (χ3v) is 3.28. The van der Waals surface area contributed by atoms with E-state index in [1.165, 1.54) is 6.07 Å². The first-order chi connectivity index (χ1) is 9.59. The van der Waals surface area contributed by atoms with Crippen molar-refractivity contribution in [3.63, 3.8) is 0 Å². The molecule has 0 aliphatic rings. The molecule has 0 atom stereocenters. The summed E-state index contributed by atoms with van der Waals surface area (Å²) in [5, 5.41) is 0. The number of hydrogen-bond donors (Lipinski definition) is 0. The van der Waals surface area contributed by atoms with Crippen LogP contribution in [0.5, 0.6) is 5.75 Å². The maximum atomic E-state index is 13.7. The van der Waals surface area contributed by atoms with Gasteiger partial charge in [0.25, 0.3) is 0 Å². The van der Waals surface area contributed by atoms with Crippen LogP contribution in [0, 0.1) is 11.6 Å². The molecule has 2 rings (SSSR count). The van der Waals surface area contributed by atoms with Crippen molar-refractivity contribution in [1.29, 1.82) is 0 Å². The summed E-state index contributed by atoms with van der Waals surface area (Å²) in [5.41, 5.74) is -0.531. The molecule has 0 saturated heterocycles. The number of ketones is 1. The van der Waals surface area contributed by atoms with Crippen LogP contribution in [0.2, 0.25) is 0 Å². The van der Waals surface area contributed by atoms with Crippen molar-refractivity contribution < 1.29 is 18.3 Å². The quantitative estimate of drug-likeness (QED) is 0.596. The summed E-state index contributed by atoms with van der Waals surface area (Å²) in [7, 11) is 0. The molecule has 0 heterocycles. The van der Waals surface area contributed by atoms with E-state index < -0.39 is 23.0 Å². The number of ether oxygens (including phenoxy) is 1. The Labute approximate surface area is 123 Å². The number of carbonyl (C=O) groups excluding carboxylic acids is 1. The highest BCUT2D eigenvalue weighted by molar-refractivity contribution is 9.10. The molecule has 5 heteroatoms. The fraction of sp³-hybridized carbons (Fsp3) is 0.133. The highest BCUT2D eigenvalue weighted by Crippen LogP contribution is 2.22. The van der Waals surface area contributed by atoms with Crippen LogP contribution in [0.15, 0.2) is 46.9 Å². The molecule has 0 amide bonds. The van der Waals surface area contributed by atoms with E-state index in [0.717, 1.165) is 6.07 Å². The van der Waals surface area contributed by atoms with Crippen LogP contribution in [0.25, 0.3) is 0 Å². The largest absolute Gasteiger partial charge is 0.493 e. The Morgan fingerprint density at radius 3 is 2.50 bits per heavy atom. The first-order valence-corrected chi connectivity index (χ1v) is 6.73. The zero-order valence-corrected chi connectivity index (χ0v) is 12.0. The minimum Gasteiger partial charge on any atom is -0.493 e. The number of carbonyl (C=O) groups is 1. The predicted octanol–water partition coefficient (Wildman–Crippen LogP) is 4.38. The summed E-state index contributed by atoms with van der Waals surface area (Å²) in [6, 6.07) is 11.2. The van der Waals surface area contributed by atoms with E-state index in [9.17, 15) is 13.6 Å². The number of Topliss-reactive ketones (excluding diaryl/α,β-unsaturated/α-hetero) is 1. The third-order valence-electron chi connectivity index (χ3n) is 2.66. The standard InChI is InChI=1S/C15H11BrF2O2/c16-11-6-7-12(17)14(15(11)18)13(19)8-9-20-10-4-2-1-3-5-10/h1-7H,8-9H2. The van der Waals surface area contributed by atoms with Crippen LogP contribution < -0.4 is 4.74 Å². The number of benzene rings is 2. The molecule has 0 aliphatic carbocycles. The van der Waals surface area contributed by atoms with E-state index >= 15 is 0 Å². The normalized spacial score (nSPS) is 10.3. The summed E-state index contributed by atoms with van der Waals surface area (Å²) < 4.78 is 32.6. The van der Waals surface area contributed by atoms with Crippen molar-refractivity contribution in [2.75, 3.05) is 6.61 Å². The van der Waals surface area contributed by atoms with Gasteiger partial charge in [-0.25, -0.2) is 8.78 Å². The second-order valence-corrected chi connectivity index (χ2v) is 4.91. The Morgan fingerprint density at radius 2 is 1.80 bits per heavy atom. The molecule has 20 heavy (non-hydrogen) atoms. The van der Waals surface area contributed by atoms with Gasteiger partial charge in [0.15, 0.2) is 11.6 Å². The molecule has 2 aromatic carbocycles. The van der Waals surface area contributed by atoms with Crippen LogP contribution in [0.1, 0.15) is 16.8 Å². The first-order valence-electron chi connectivity index (χ1n) is 5.94. The zero-order valence-electron chi connectivity index (χ0n) is 10.4. The maximum absolute atomic E-state index is 13.7.